The van der Waals surface area contributed by atoms with Gasteiger partial charge in [0, 0.05) is 25.3 Å². The molecule has 24 heavy (non-hydrogen) atoms. The Morgan fingerprint density at radius 2 is 2.00 bits per heavy atom. The number of hydrogen-bond acceptors (Lipinski definition) is 5. The van der Waals surface area contributed by atoms with Gasteiger partial charge in [0.25, 0.3) is 5.91 Å². The number of carbonyl (C=O) groups excluding carboxylic acids is 1. The van der Waals surface area contributed by atoms with Crippen LogP contribution in [-0.2, 0) is 13.0 Å². The maximum absolute atomic E-state index is 13.1. The van der Waals surface area contributed by atoms with E-state index in [1.807, 2.05) is 34.7 Å². The number of aromatic nitrogens is 2. The molecule has 0 saturated heterocycles. The lowest BCUT2D eigenvalue weighted by atomic mass is 9.93. The van der Waals surface area contributed by atoms with Crippen LogP contribution < -0.4 is 0 Å². The van der Waals surface area contributed by atoms with Gasteiger partial charge in [0.05, 0.1) is 5.56 Å². The van der Waals surface area contributed by atoms with Gasteiger partial charge in [-0.2, -0.15) is 11.3 Å². The van der Waals surface area contributed by atoms with Crippen molar-refractivity contribution < 1.29 is 9.21 Å². The van der Waals surface area contributed by atoms with E-state index in [1.165, 1.54) is 11.1 Å². The number of thiophene rings is 1. The molecule has 0 aliphatic carbocycles. The number of rotatable bonds is 2. The van der Waals surface area contributed by atoms with Gasteiger partial charge in [0.2, 0.25) is 11.8 Å². The molecule has 1 aliphatic rings. The highest BCUT2D eigenvalue weighted by Crippen LogP contribution is 2.34. The maximum atomic E-state index is 13.1. The van der Waals surface area contributed by atoms with Crippen LogP contribution in [0.25, 0.3) is 0 Å². The topological polar surface area (TPSA) is 59.2 Å². The minimum atomic E-state index is -0.229. The summed E-state index contributed by atoms with van der Waals surface area (Å²) in [6.07, 6.45) is 0.687. The summed E-state index contributed by atoms with van der Waals surface area (Å²) in [6, 6.07) is 7.98. The Morgan fingerprint density at radius 3 is 2.67 bits per heavy atom. The number of nitrogens with zero attached hydrogens (tertiary/aromatic N) is 3. The van der Waals surface area contributed by atoms with Gasteiger partial charge < -0.3 is 9.32 Å². The third kappa shape index (κ3) is 2.53. The Kier molecular flexibility index (Phi) is 3.69. The number of benzene rings is 1. The molecule has 0 fully saturated rings. The van der Waals surface area contributed by atoms with Crippen molar-refractivity contribution in [2.24, 2.45) is 0 Å². The van der Waals surface area contributed by atoms with E-state index >= 15 is 0 Å². The third-order valence-electron chi connectivity index (χ3n) is 4.42. The second-order valence-corrected chi connectivity index (χ2v) is 6.79. The molecule has 1 aromatic carbocycles. The van der Waals surface area contributed by atoms with Crippen LogP contribution in [0.15, 0.2) is 39.4 Å². The summed E-state index contributed by atoms with van der Waals surface area (Å²) < 4.78 is 5.65. The van der Waals surface area contributed by atoms with Crippen LogP contribution in [0, 0.1) is 13.8 Å². The van der Waals surface area contributed by atoms with Gasteiger partial charge >= 0.3 is 0 Å². The first-order valence-electron chi connectivity index (χ1n) is 7.84. The molecule has 0 saturated carbocycles. The van der Waals surface area contributed by atoms with E-state index in [4.69, 9.17) is 4.42 Å². The SMILES string of the molecule is Cc1nnc([C@H]2Cc3ccccc3CN2C(=O)c2cscc2C)o1. The first-order chi connectivity index (χ1) is 11.6. The van der Waals surface area contributed by atoms with Crippen LogP contribution in [0.2, 0.25) is 0 Å². The highest BCUT2D eigenvalue weighted by atomic mass is 32.1. The Balaban J connectivity index is 1.76. The van der Waals surface area contributed by atoms with Crippen molar-refractivity contribution in [3.63, 3.8) is 0 Å². The van der Waals surface area contributed by atoms with Crippen molar-refractivity contribution in [1.82, 2.24) is 15.1 Å². The Morgan fingerprint density at radius 1 is 1.21 bits per heavy atom. The van der Waals surface area contributed by atoms with Crippen LogP contribution in [0.3, 0.4) is 0 Å². The van der Waals surface area contributed by atoms with Crippen molar-refractivity contribution in [3.8, 4) is 0 Å². The summed E-state index contributed by atoms with van der Waals surface area (Å²) in [5.41, 5.74) is 4.15. The number of fused-ring (bicyclic) bond motifs is 1. The van der Waals surface area contributed by atoms with Gasteiger partial charge in [-0.15, -0.1) is 10.2 Å². The molecule has 1 amide bonds. The molecule has 3 heterocycles. The maximum Gasteiger partial charge on any atom is 0.255 e. The second-order valence-electron chi connectivity index (χ2n) is 6.05. The highest BCUT2D eigenvalue weighted by molar-refractivity contribution is 7.08. The number of amides is 1. The van der Waals surface area contributed by atoms with Gasteiger partial charge in [0.1, 0.15) is 6.04 Å². The monoisotopic (exact) mass is 339 g/mol. The third-order valence-corrected chi connectivity index (χ3v) is 5.28. The van der Waals surface area contributed by atoms with Crippen molar-refractivity contribution in [3.05, 3.63) is 69.1 Å². The minimum Gasteiger partial charge on any atom is -0.423 e. The summed E-state index contributed by atoms with van der Waals surface area (Å²) in [5.74, 6) is 1.04. The minimum absolute atomic E-state index is 0.0177. The van der Waals surface area contributed by atoms with E-state index in [1.54, 1.807) is 18.3 Å². The second kappa shape index (κ2) is 5.87. The lowest BCUT2D eigenvalue weighted by Crippen LogP contribution is -2.39. The van der Waals surface area contributed by atoms with Crippen LogP contribution in [0.4, 0.5) is 0 Å². The molecule has 5 nitrogen and oxygen atoms in total. The normalized spacial score (nSPS) is 16.9. The molecule has 1 atom stereocenters. The Hall–Kier alpha value is -2.47. The van der Waals surface area contributed by atoms with Gasteiger partial charge in [-0.25, -0.2) is 0 Å². The van der Waals surface area contributed by atoms with Crippen molar-refractivity contribution in [2.75, 3.05) is 0 Å². The summed E-state index contributed by atoms with van der Waals surface area (Å²) in [7, 11) is 0. The predicted molar refractivity (Wildman–Crippen MR) is 90.9 cm³/mol. The molecule has 0 N–H and O–H groups in total. The molecule has 0 unspecified atom stereocenters. The molecular weight excluding hydrogens is 322 g/mol. The van der Waals surface area contributed by atoms with Crippen LogP contribution >= 0.6 is 11.3 Å². The summed E-state index contributed by atoms with van der Waals surface area (Å²) >= 11 is 1.55. The lowest BCUT2D eigenvalue weighted by Gasteiger charge is -2.35. The molecule has 3 aromatic rings. The van der Waals surface area contributed by atoms with E-state index in [9.17, 15) is 4.79 Å². The molecule has 0 spiro atoms. The van der Waals surface area contributed by atoms with Gasteiger partial charge in [-0.1, -0.05) is 24.3 Å². The smallest absolute Gasteiger partial charge is 0.255 e. The summed E-state index contributed by atoms with van der Waals surface area (Å²) in [6.45, 7) is 4.28. The predicted octanol–water partition coefficient (Wildman–Crippen LogP) is 3.69. The summed E-state index contributed by atoms with van der Waals surface area (Å²) in [4.78, 5) is 15.0. The molecule has 0 radical (unpaired) electrons. The zero-order chi connectivity index (χ0) is 16.7. The van der Waals surface area contributed by atoms with E-state index in [0.29, 0.717) is 24.7 Å². The molecule has 0 bridgehead atoms. The van der Waals surface area contributed by atoms with E-state index in [0.717, 1.165) is 11.1 Å². The Labute approximate surface area is 143 Å². The lowest BCUT2D eigenvalue weighted by molar-refractivity contribution is 0.0602. The fraction of sp³-hybridized carbons (Fsp3) is 0.278. The van der Waals surface area contributed by atoms with Gasteiger partial charge in [-0.3, -0.25) is 4.79 Å². The summed E-state index contributed by atoms with van der Waals surface area (Å²) in [5, 5.41) is 12.0. The molecule has 6 heteroatoms. The zero-order valence-corrected chi connectivity index (χ0v) is 14.3. The first kappa shape index (κ1) is 15.1. The molecule has 1 aliphatic heterocycles. The van der Waals surface area contributed by atoms with Gasteiger partial charge in [-0.05, 0) is 29.0 Å². The highest BCUT2D eigenvalue weighted by Gasteiger charge is 2.35. The number of aryl methyl sites for hydroxylation is 2. The van der Waals surface area contributed by atoms with Crippen molar-refractivity contribution >= 4 is 17.2 Å². The molecule has 4 rings (SSSR count). The molecule has 122 valence electrons. The van der Waals surface area contributed by atoms with Crippen LogP contribution in [0.1, 0.15) is 44.9 Å². The van der Waals surface area contributed by atoms with Crippen LogP contribution in [0.5, 0.6) is 0 Å². The first-order valence-corrected chi connectivity index (χ1v) is 8.78. The fourth-order valence-corrected chi connectivity index (χ4v) is 3.96. The average molecular weight is 339 g/mol. The fourth-order valence-electron chi connectivity index (χ4n) is 3.14. The van der Waals surface area contributed by atoms with Crippen molar-refractivity contribution in [2.45, 2.75) is 32.9 Å². The van der Waals surface area contributed by atoms with Gasteiger partial charge in [0.15, 0.2) is 0 Å². The average Bonchev–Trinajstić information content (AvgIpc) is 3.21. The Bertz CT molecular complexity index is 899. The zero-order valence-electron chi connectivity index (χ0n) is 13.5. The number of carbonyl (C=O) groups is 1. The van der Waals surface area contributed by atoms with E-state index in [-0.39, 0.29) is 11.9 Å². The number of hydrogen-bond donors (Lipinski definition) is 0. The van der Waals surface area contributed by atoms with E-state index in [2.05, 4.69) is 22.3 Å². The van der Waals surface area contributed by atoms with Crippen molar-refractivity contribution in [1.29, 1.82) is 0 Å². The molecule has 2 aromatic heterocycles. The standard InChI is InChI=1S/C18H17N3O2S/c1-11-9-24-10-15(11)18(22)21-8-14-6-4-3-5-13(14)7-16(21)17-20-19-12(2)23-17/h3-6,9-10,16H,7-8H2,1-2H3/t16-/m1/s1. The van der Waals surface area contributed by atoms with Crippen LogP contribution in [-0.4, -0.2) is 21.0 Å². The quantitative estimate of drug-likeness (QED) is 0.714. The van der Waals surface area contributed by atoms with E-state index < -0.39 is 0 Å². The molecular formula is C18H17N3O2S. The largest absolute Gasteiger partial charge is 0.423 e.